The molecule has 0 heterocycles. The number of nitrogens with zero attached hydrogens (tertiary/aromatic N) is 1. The Labute approximate surface area is 154 Å². The van der Waals surface area contributed by atoms with Gasteiger partial charge in [0.25, 0.3) is 11.6 Å². The summed E-state index contributed by atoms with van der Waals surface area (Å²) in [7, 11) is 0. The second-order valence-corrected chi connectivity index (χ2v) is 6.39. The molecule has 0 bridgehead atoms. The number of carbonyl (C=O) groups excluding carboxylic acids is 2. The topological polar surface area (TPSA) is 98.5 Å². The number of nitrogens with one attached hydrogen (secondary N) is 1. The van der Waals surface area contributed by atoms with Crippen molar-refractivity contribution in [3.8, 4) is 0 Å². The number of aryl methyl sites for hydroxylation is 1. The average Bonchev–Trinajstić information content (AvgIpc) is 2.62. The molecule has 2 aromatic carbocycles. The zero-order valence-corrected chi connectivity index (χ0v) is 15.3. The number of nitro groups is 1. The van der Waals surface area contributed by atoms with Gasteiger partial charge < -0.3 is 10.1 Å². The first kappa shape index (κ1) is 19.5. The Morgan fingerprint density at radius 3 is 2.42 bits per heavy atom. The molecule has 1 N–H and O–H groups in total. The van der Waals surface area contributed by atoms with Gasteiger partial charge in [0.1, 0.15) is 0 Å². The minimum atomic E-state index is -1.05. The summed E-state index contributed by atoms with van der Waals surface area (Å²) in [5.74, 6) is -1.29. The van der Waals surface area contributed by atoms with Crippen LogP contribution in [-0.4, -0.2) is 29.2 Å². The van der Waals surface area contributed by atoms with Gasteiger partial charge in [-0.25, -0.2) is 4.79 Å². The summed E-state index contributed by atoms with van der Waals surface area (Å²) in [6.45, 7) is 3.36. The number of benzene rings is 2. The number of thioether (sulfide) groups is 1. The van der Waals surface area contributed by atoms with Gasteiger partial charge in [0.05, 0.1) is 15.4 Å². The van der Waals surface area contributed by atoms with E-state index in [4.69, 9.17) is 4.74 Å². The van der Waals surface area contributed by atoms with Gasteiger partial charge in [-0.2, -0.15) is 0 Å². The van der Waals surface area contributed by atoms with Gasteiger partial charge in [-0.05, 0) is 44.4 Å². The second-order valence-electron chi connectivity index (χ2n) is 5.55. The van der Waals surface area contributed by atoms with E-state index >= 15 is 0 Å². The number of anilines is 1. The molecule has 0 aliphatic carbocycles. The standard InChI is InChI=1S/C18H18N2O5S/c1-11-4-7-14(8-5-11)19-17(21)12(2)25-18(22)13-6-9-16(26-3)15(10-13)20(23)24/h4-10,12H,1-3H3,(H,19,21)/t12-/m1/s1. The molecule has 0 aliphatic rings. The summed E-state index contributed by atoms with van der Waals surface area (Å²) >= 11 is 1.21. The van der Waals surface area contributed by atoms with Crippen molar-refractivity contribution in [1.82, 2.24) is 0 Å². The van der Waals surface area contributed by atoms with E-state index in [2.05, 4.69) is 5.32 Å². The van der Waals surface area contributed by atoms with Crippen LogP contribution in [0.1, 0.15) is 22.8 Å². The lowest BCUT2D eigenvalue weighted by Gasteiger charge is -2.14. The van der Waals surface area contributed by atoms with E-state index in [0.717, 1.165) is 11.6 Å². The molecule has 136 valence electrons. The molecule has 0 aromatic heterocycles. The van der Waals surface area contributed by atoms with Crippen LogP contribution in [0, 0.1) is 17.0 Å². The Kier molecular flexibility index (Phi) is 6.35. The molecular formula is C18H18N2O5S. The highest BCUT2D eigenvalue weighted by Gasteiger charge is 2.22. The van der Waals surface area contributed by atoms with Crippen LogP contribution in [0.5, 0.6) is 0 Å². The quantitative estimate of drug-likeness (QED) is 0.357. The minimum absolute atomic E-state index is 0.0180. The summed E-state index contributed by atoms with van der Waals surface area (Å²) in [6, 6.07) is 11.2. The summed E-state index contributed by atoms with van der Waals surface area (Å²) in [6.07, 6.45) is 0.653. The smallest absolute Gasteiger partial charge is 0.339 e. The molecule has 0 aliphatic heterocycles. The zero-order valence-electron chi connectivity index (χ0n) is 14.5. The number of esters is 1. The van der Waals surface area contributed by atoms with Crippen LogP contribution in [0.2, 0.25) is 0 Å². The van der Waals surface area contributed by atoms with Crippen molar-refractivity contribution >= 4 is 35.0 Å². The molecule has 7 nitrogen and oxygen atoms in total. The lowest BCUT2D eigenvalue weighted by molar-refractivity contribution is -0.387. The van der Waals surface area contributed by atoms with Gasteiger partial charge >= 0.3 is 5.97 Å². The highest BCUT2D eigenvalue weighted by Crippen LogP contribution is 2.28. The normalized spacial score (nSPS) is 11.5. The highest BCUT2D eigenvalue weighted by molar-refractivity contribution is 7.98. The van der Waals surface area contributed by atoms with E-state index < -0.39 is 22.9 Å². The third-order valence-electron chi connectivity index (χ3n) is 3.58. The molecule has 1 amide bonds. The van der Waals surface area contributed by atoms with E-state index in [0.29, 0.717) is 10.6 Å². The lowest BCUT2D eigenvalue weighted by atomic mass is 10.2. The van der Waals surface area contributed by atoms with Crippen LogP contribution in [0.3, 0.4) is 0 Å². The number of carbonyl (C=O) groups is 2. The van der Waals surface area contributed by atoms with Gasteiger partial charge in [0.15, 0.2) is 6.10 Å². The molecule has 0 fully saturated rings. The number of ether oxygens (including phenoxy) is 1. The van der Waals surface area contributed by atoms with Gasteiger partial charge in [0.2, 0.25) is 0 Å². The van der Waals surface area contributed by atoms with E-state index in [1.807, 2.05) is 19.1 Å². The van der Waals surface area contributed by atoms with Crippen LogP contribution in [0.25, 0.3) is 0 Å². The first-order valence-electron chi connectivity index (χ1n) is 7.72. The predicted octanol–water partition coefficient (Wildman–Crippen LogP) is 3.81. The van der Waals surface area contributed by atoms with Gasteiger partial charge in [-0.15, -0.1) is 11.8 Å². The summed E-state index contributed by atoms with van der Waals surface area (Å²) in [4.78, 5) is 35.3. The van der Waals surface area contributed by atoms with Crippen LogP contribution in [0.15, 0.2) is 47.4 Å². The van der Waals surface area contributed by atoms with Crippen molar-refractivity contribution in [2.45, 2.75) is 24.8 Å². The maximum absolute atomic E-state index is 12.2. The Hall–Kier alpha value is -2.87. The lowest BCUT2D eigenvalue weighted by Crippen LogP contribution is -2.30. The van der Waals surface area contributed by atoms with Crippen molar-refractivity contribution in [3.63, 3.8) is 0 Å². The molecule has 0 unspecified atom stereocenters. The minimum Gasteiger partial charge on any atom is -0.449 e. The Balaban J connectivity index is 2.06. The van der Waals surface area contributed by atoms with Crippen LogP contribution in [0.4, 0.5) is 11.4 Å². The third kappa shape index (κ3) is 4.82. The zero-order chi connectivity index (χ0) is 19.3. The molecule has 1 atom stereocenters. The third-order valence-corrected chi connectivity index (χ3v) is 4.37. The molecule has 26 heavy (non-hydrogen) atoms. The molecule has 0 spiro atoms. The van der Waals surface area contributed by atoms with Gasteiger partial charge in [0, 0.05) is 11.8 Å². The maximum Gasteiger partial charge on any atom is 0.339 e. The number of hydrogen-bond donors (Lipinski definition) is 1. The van der Waals surface area contributed by atoms with Crippen LogP contribution < -0.4 is 5.32 Å². The number of hydrogen-bond acceptors (Lipinski definition) is 6. The Bertz CT molecular complexity index is 836. The predicted molar refractivity (Wildman–Crippen MR) is 99.6 cm³/mol. The Morgan fingerprint density at radius 1 is 1.19 bits per heavy atom. The van der Waals surface area contributed by atoms with Crippen molar-refractivity contribution in [1.29, 1.82) is 0 Å². The second kappa shape index (κ2) is 8.48. The van der Waals surface area contributed by atoms with Crippen molar-refractivity contribution < 1.29 is 19.2 Å². The number of rotatable bonds is 6. The molecule has 0 saturated heterocycles. The van der Waals surface area contributed by atoms with Crippen molar-refractivity contribution in [2.75, 3.05) is 11.6 Å². The summed E-state index contributed by atoms with van der Waals surface area (Å²) in [5.41, 5.74) is 1.48. The molecular weight excluding hydrogens is 356 g/mol. The fourth-order valence-electron chi connectivity index (χ4n) is 2.12. The Morgan fingerprint density at radius 2 is 1.85 bits per heavy atom. The molecule has 2 rings (SSSR count). The molecule has 0 radical (unpaired) electrons. The van der Waals surface area contributed by atoms with Gasteiger partial charge in [-0.1, -0.05) is 17.7 Å². The van der Waals surface area contributed by atoms with Crippen LogP contribution in [-0.2, 0) is 9.53 Å². The van der Waals surface area contributed by atoms with Crippen molar-refractivity contribution in [2.24, 2.45) is 0 Å². The first-order valence-corrected chi connectivity index (χ1v) is 8.95. The van der Waals surface area contributed by atoms with E-state index in [1.54, 1.807) is 18.4 Å². The van der Waals surface area contributed by atoms with E-state index in [9.17, 15) is 19.7 Å². The molecule has 2 aromatic rings. The van der Waals surface area contributed by atoms with Gasteiger partial charge in [-0.3, -0.25) is 14.9 Å². The number of nitro benzene ring substituents is 1. The largest absolute Gasteiger partial charge is 0.449 e. The average molecular weight is 374 g/mol. The number of amides is 1. The van der Waals surface area contributed by atoms with E-state index in [1.165, 1.54) is 30.8 Å². The maximum atomic E-state index is 12.2. The monoisotopic (exact) mass is 374 g/mol. The molecule has 0 saturated carbocycles. The summed E-state index contributed by atoms with van der Waals surface area (Å²) < 4.78 is 5.12. The summed E-state index contributed by atoms with van der Waals surface area (Å²) in [5, 5.41) is 13.7. The fraction of sp³-hybridized carbons (Fsp3) is 0.222. The fourth-order valence-corrected chi connectivity index (χ4v) is 2.67. The highest BCUT2D eigenvalue weighted by atomic mass is 32.2. The molecule has 8 heteroatoms. The van der Waals surface area contributed by atoms with Crippen molar-refractivity contribution in [3.05, 3.63) is 63.7 Å². The SMILES string of the molecule is CSc1ccc(C(=O)O[C@H](C)C(=O)Nc2ccc(C)cc2)cc1[N+](=O)[O-]. The van der Waals surface area contributed by atoms with E-state index in [-0.39, 0.29) is 11.3 Å². The van der Waals surface area contributed by atoms with Crippen LogP contribution >= 0.6 is 11.8 Å². The first-order chi connectivity index (χ1) is 12.3.